The smallest absolute Gasteiger partial charge is 0.300 e. The van der Waals surface area contributed by atoms with Crippen molar-refractivity contribution in [2.75, 3.05) is 13.2 Å². The molecule has 16 heavy (non-hydrogen) atoms. The molecule has 0 aromatic heterocycles. The monoisotopic (exact) mass is 226 g/mol. The van der Waals surface area contributed by atoms with Crippen LogP contribution in [0.2, 0.25) is 0 Å². The molecule has 0 saturated heterocycles. The van der Waals surface area contributed by atoms with Crippen LogP contribution in [0.4, 0.5) is 0 Å². The number of carboxylic acid groups (broad SMARTS) is 1. The third-order valence-electron chi connectivity index (χ3n) is 1.88. The molecule has 1 aromatic carbocycles. The third-order valence-corrected chi connectivity index (χ3v) is 1.88. The maximum absolute atomic E-state index is 9.00. The van der Waals surface area contributed by atoms with Gasteiger partial charge in [-0.3, -0.25) is 4.79 Å². The van der Waals surface area contributed by atoms with Gasteiger partial charge in [0.25, 0.3) is 5.97 Å². The van der Waals surface area contributed by atoms with Crippen molar-refractivity contribution < 1.29 is 20.1 Å². The van der Waals surface area contributed by atoms with Gasteiger partial charge in [0.05, 0.1) is 0 Å². The summed E-state index contributed by atoms with van der Waals surface area (Å²) in [5.74, 6) is -0.854. The molecule has 0 atom stereocenters. The molecule has 0 amide bonds. The number of hydrogen-bond acceptors (Lipinski definition) is 3. The Labute approximate surface area is 95.2 Å². The van der Waals surface area contributed by atoms with Gasteiger partial charge in [-0.1, -0.05) is 30.3 Å². The lowest BCUT2D eigenvalue weighted by Crippen LogP contribution is -2.13. The summed E-state index contributed by atoms with van der Waals surface area (Å²) in [6.45, 7) is 1.18. The summed E-state index contributed by atoms with van der Waals surface area (Å²) in [5.41, 5.74) is 1.16. The molecule has 0 heterocycles. The normalized spacial score (nSPS) is 9.50. The van der Waals surface area contributed by atoms with Gasteiger partial charge in [0.2, 0.25) is 0 Å². The van der Waals surface area contributed by atoms with Gasteiger partial charge >= 0.3 is 0 Å². The molecule has 0 radical (unpaired) electrons. The molecule has 1 aromatic rings. The number of aliphatic carboxylic acids is 1. The number of carbonyl (C=O) groups is 1. The Kier molecular flexibility index (Phi) is 8.11. The first-order valence-corrected chi connectivity index (χ1v) is 5.05. The van der Waals surface area contributed by atoms with Crippen molar-refractivity contribution in [2.45, 2.75) is 13.3 Å². The molecule has 0 spiro atoms. The molecule has 0 aliphatic rings. The van der Waals surface area contributed by atoms with E-state index in [2.05, 4.69) is 0 Å². The third kappa shape index (κ3) is 7.96. The molecule has 1 rings (SSSR count). The fourth-order valence-corrected chi connectivity index (χ4v) is 1.13. The van der Waals surface area contributed by atoms with E-state index in [1.54, 1.807) is 0 Å². The van der Waals surface area contributed by atoms with Crippen molar-refractivity contribution in [1.82, 2.24) is 0 Å². The first-order valence-electron chi connectivity index (χ1n) is 5.05. The Hall–Kier alpha value is -1.39. The molecule has 3 N–H and O–H groups in total. The van der Waals surface area contributed by atoms with E-state index in [-0.39, 0.29) is 19.1 Å². The summed E-state index contributed by atoms with van der Waals surface area (Å²) < 4.78 is 0. The highest BCUT2D eigenvalue weighted by Gasteiger charge is 2.05. The largest absolute Gasteiger partial charge is 0.481 e. The number of aliphatic hydroxyl groups excluding tert-OH is 2. The van der Waals surface area contributed by atoms with Crippen LogP contribution in [0, 0.1) is 5.92 Å². The molecule has 4 heteroatoms. The molecule has 90 valence electrons. The predicted octanol–water partition coefficient (Wildman–Crippen LogP) is 0.921. The predicted molar refractivity (Wildman–Crippen MR) is 61.1 cm³/mol. The number of rotatable bonds is 4. The van der Waals surface area contributed by atoms with Gasteiger partial charge in [0.1, 0.15) is 0 Å². The van der Waals surface area contributed by atoms with Crippen molar-refractivity contribution in [1.29, 1.82) is 0 Å². The standard InChI is InChI=1S/C10H14O2.C2H4O2/c11-7-10(8-12)6-9-4-2-1-3-5-9;1-2(3)4/h1-5,10-12H,6-8H2;1H3,(H,3,4). The minimum atomic E-state index is -0.833. The summed E-state index contributed by atoms with van der Waals surface area (Å²) in [5, 5.41) is 25.1. The van der Waals surface area contributed by atoms with Crippen LogP contribution in [0.1, 0.15) is 12.5 Å². The molecule has 0 bridgehead atoms. The van der Waals surface area contributed by atoms with Gasteiger partial charge in [-0.25, -0.2) is 0 Å². The maximum atomic E-state index is 9.00. The van der Waals surface area contributed by atoms with Gasteiger partial charge < -0.3 is 15.3 Å². The number of carboxylic acids is 1. The minimum Gasteiger partial charge on any atom is -0.481 e. The van der Waals surface area contributed by atoms with Crippen molar-refractivity contribution >= 4 is 5.97 Å². The maximum Gasteiger partial charge on any atom is 0.300 e. The summed E-state index contributed by atoms with van der Waals surface area (Å²) in [4.78, 5) is 9.00. The zero-order valence-corrected chi connectivity index (χ0v) is 9.34. The minimum absolute atomic E-state index is 0.0209. The second-order valence-electron chi connectivity index (χ2n) is 3.44. The number of hydrogen-bond donors (Lipinski definition) is 3. The van der Waals surface area contributed by atoms with E-state index >= 15 is 0 Å². The second kappa shape index (κ2) is 8.88. The molecule has 4 nitrogen and oxygen atoms in total. The van der Waals surface area contributed by atoms with E-state index in [0.717, 1.165) is 18.9 Å². The van der Waals surface area contributed by atoms with Gasteiger partial charge in [-0.2, -0.15) is 0 Å². The van der Waals surface area contributed by atoms with Crippen molar-refractivity contribution in [2.24, 2.45) is 5.92 Å². The van der Waals surface area contributed by atoms with E-state index in [9.17, 15) is 0 Å². The lowest BCUT2D eigenvalue weighted by molar-refractivity contribution is -0.134. The second-order valence-corrected chi connectivity index (χ2v) is 3.44. The molecule has 0 aliphatic carbocycles. The summed E-state index contributed by atoms with van der Waals surface area (Å²) in [7, 11) is 0. The van der Waals surface area contributed by atoms with Crippen LogP contribution in [-0.4, -0.2) is 34.5 Å². The Morgan fingerprint density at radius 1 is 1.19 bits per heavy atom. The van der Waals surface area contributed by atoms with Gasteiger partial charge in [-0.05, 0) is 12.0 Å². The lowest BCUT2D eigenvalue weighted by Gasteiger charge is -2.09. The van der Waals surface area contributed by atoms with Crippen LogP contribution >= 0.6 is 0 Å². The highest BCUT2D eigenvalue weighted by molar-refractivity contribution is 5.62. The SMILES string of the molecule is CC(=O)O.OCC(CO)Cc1ccccc1. The van der Waals surface area contributed by atoms with E-state index in [1.165, 1.54) is 0 Å². The van der Waals surface area contributed by atoms with E-state index < -0.39 is 5.97 Å². The van der Waals surface area contributed by atoms with E-state index in [4.69, 9.17) is 20.1 Å². The van der Waals surface area contributed by atoms with Crippen LogP contribution < -0.4 is 0 Å². The quantitative estimate of drug-likeness (QED) is 0.713. The van der Waals surface area contributed by atoms with Crippen LogP contribution in [0.15, 0.2) is 30.3 Å². The first-order chi connectivity index (χ1) is 7.60. The van der Waals surface area contributed by atoms with Crippen molar-refractivity contribution in [3.63, 3.8) is 0 Å². The average molecular weight is 226 g/mol. The summed E-state index contributed by atoms with van der Waals surface area (Å²) in [6.07, 6.45) is 0.744. The zero-order chi connectivity index (χ0) is 12.4. The lowest BCUT2D eigenvalue weighted by atomic mass is 10.0. The molecular formula is C12H18O4. The first kappa shape index (κ1) is 14.6. The van der Waals surface area contributed by atoms with Crippen molar-refractivity contribution in [3.05, 3.63) is 35.9 Å². The highest BCUT2D eigenvalue weighted by atomic mass is 16.4. The summed E-state index contributed by atoms with van der Waals surface area (Å²) in [6, 6.07) is 9.87. The number of aliphatic hydroxyl groups is 2. The fraction of sp³-hybridized carbons (Fsp3) is 0.417. The van der Waals surface area contributed by atoms with Crippen molar-refractivity contribution in [3.8, 4) is 0 Å². The van der Waals surface area contributed by atoms with Crippen LogP contribution in [0.3, 0.4) is 0 Å². The molecule has 0 saturated carbocycles. The Morgan fingerprint density at radius 3 is 2.00 bits per heavy atom. The van der Waals surface area contributed by atoms with Gasteiger partial charge in [-0.15, -0.1) is 0 Å². The van der Waals surface area contributed by atoms with Crippen LogP contribution in [-0.2, 0) is 11.2 Å². The molecular weight excluding hydrogens is 208 g/mol. The zero-order valence-electron chi connectivity index (χ0n) is 9.34. The Bertz CT molecular complexity index is 276. The number of benzene rings is 1. The molecule has 0 fully saturated rings. The molecule has 0 unspecified atom stereocenters. The highest BCUT2D eigenvalue weighted by Crippen LogP contribution is 2.06. The van der Waals surface area contributed by atoms with Gasteiger partial charge in [0, 0.05) is 26.1 Å². The summed E-state index contributed by atoms with van der Waals surface area (Å²) >= 11 is 0. The fourth-order valence-electron chi connectivity index (χ4n) is 1.13. The Morgan fingerprint density at radius 2 is 1.62 bits per heavy atom. The van der Waals surface area contributed by atoms with E-state index in [0.29, 0.717) is 0 Å². The molecule has 0 aliphatic heterocycles. The average Bonchev–Trinajstić information content (AvgIpc) is 2.26. The van der Waals surface area contributed by atoms with Gasteiger partial charge in [0.15, 0.2) is 0 Å². The van der Waals surface area contributed by atoms with Crippen LogP contribution in [0.25, 0.3) is 0 Å². The Balaban J connectivity index is 0.000000487. The topological polar surface area (TPSA) is 77.8 Å². The van der Waals surface area contributed by atoms with E-state index in [1.807, 2.05) is 30.3 Å². The van der Waals surface area contributed by atoms with Crippen LogP contribution in [0.5, 0.6) is 0 Å².